The Labute approximate surface area is 160 Å². The molecule has 1 aromatic carbocycles. The molecule has 28 heavy (non-hydrogen) atoms. The quantitative estimate of drug-likeness (QED) is 0.693. The van der Waals surface area contributed by atoms with Crippen LogP contribution in [0.4, 0.5) is 17.6 Å². The van der Waals surface area contributed by atoms with Crippen molar-refractivity contribution in [3.63, 3.8) is 0 Å². The standard InChI is InChI=1S/C19H21F4N5/c1-12-3-4-15(27-7-5-26(2)6-8-27)18-25-24-11-28(18)16-10-13(19(21,22)23)9-14(20)17(12)16/h4,9-12H,3,5-8H2,1-2H3. The molecule has 0 aliphatic carbocycles. The number of likely N-dealkylation sites (N-methyl/N-ethyl adjacent to an activating group) is 1. The van der Waals surface area contributed by atoms with Crippen molar-refractivity contribution in [2.45, 2.75) is 25.4 Å². The van der Waals surface area contributed by atoms with Crippen LogP contribution in [-0.2, 0) is 6.18 Å². The number of hydrogen-bond donors (Lipinski definition) is 0. The molecule has 2 aliphatic heterocycles. The van der Waals surface area contributed by atoms with Crippen molar-refractivity contribution in [2.24, 2.45) is 0 Å². The Bertz CT molecular complexity index is 910. The number of alkyl halides is 3. The number of halogens is 4. The van der Waals surface area contributed by atoms with Crippen molar-refractivity contribution in [3.05, 3.63) is 47.3 Å². The topological polar surface area (TPSA) is 37.2 Å². The van der Waals surface area contributed by atoms with Crippen LogP contribution in [0.5, 0.6) is 0 Å². The lowest BCUT2D eigenvalue weighted by Gasteiger charge is -2.36. The molecule has 0 bridgehead atoms. The van der Waals surface area contributed by atoms with Gasteiger partial charge in [0, 0.05) is 31.7 Å². The van der Waals surface area contributed by atoms with E-state index in [1.54, 1.807) is 0 Å². The van der Waals surface area contributed by atoms with E-state index in [0.717, 1.165) is 37.9 Å². The minimum Gasteiger partial charge on any atom is -0.366 e. The molecule has 9 heteroatoms. The second-order valence-electron chi connectivity index (χ2n) is 7.43. The van der Waals surface area contributed by atoms with Crippen LogP contribution < -0.4 is 0 Å². The van der Waals surface area contributed by atoms with E-state index in [9.17, 15) is 17.6 Å². The van der Waals surface area contributed by atoms with Crippen molar-refractivity contribution < 1.29 is 17.6 Å². The second-order valence-corrected chi connectivity index (χ2v) is 7.43. The first-order valence-corrected chi connectivity index (χ1v) is 9.20. The summed E-state index contributed by atoms with van der Waals surface area (Å²) < 4.78 is 56.1. The van der Waals surface area contributed by atoms with Gasteiger partial charge in [-0.25, -0.2) is 4.39 Å². The number of allylic oxidation sites excluding steroid dienone is 1. The minimum absolute atomic E-state index is 0.152. The molecule has 0 radical (unpaired) electrons. The molecule has 0 amide bonds. The highest BCUT2D eigenvalue weighted by Gasteiger charge is 2.34. The molecular formula is C19H21F4N5. The summed E-state index contributed by atoms with van der Waals surface area (Å²) in [4.78, 5) is 4.38. The number of rotatable bonds is 1. The van der Waals surface area contributed by atoms with Gasteiger partial charge >= 0.3 is 6.18 Å². The van der Waals surface area contributed by atoms with Gasteiger partial charge in [-0.15, -0.1) is 10.2 Å². The van der Waals surface area contributed by atoms with Gasteiger partial charge in [-0.05, 0) is 31.5 Å². The Hall–Kier alpha value is -2.42. The largest absolute Gasteiger partial charge is 0.416 e. The summed E-state index contributed by atoms with van der Waals surface area (Å²) in [5.74, 6) is -0.694. The van der Waals surface area contributed by atoms with Gasteiger partial charge in [0.2, 0.25) is 0 Å². The maximum absolute atomic E-state index is 14.7. The predicted molar refractivity (Wildman–Crippen MR) is 96.4 cm³/mol. The molecular weight excluding hydrogens is 374 g/mol. The molecule has 1 saturated heterocycles. The Balaban J connectivity index is 1.86. The predicted octanol–water partition coefficient (Wildman–Crippen LogP) is 3.52. The van der Waals surface area contributed by atoms with Crippen molar-refractivity contribution in [3.8, 4) is 5.69 Å². The summed E-state index contributed by atoms with van der Waals surface area (Å²) in [5, 5.41) is 8.09. The zero-order valence-electron chi connectivity index (χ0n) is 15.7. The van der Waals surface area contributed by atoms with Gasteiger partial charge in [-0.1, -0.05) is 13.0 Å². The van der Waals surface area contributed by atoms with Crippen LogP contribution in [0.15, 0.2) is 24.5 Å². The third-order valence-corrected chi connectivity index (χ3v) is 5.47. The van der Waals surface area contributed by atoms with Crippen LogP contribution in [0.3, 0.4) is 0 Å². The smallest absolute Gasteiger partial charge is 0.366 e. The number of aromatic nitrogens is 3. The highest BCUT2D eigenvalue weighted by Crippen LogP contribution is 2.39. The third-order valence-electron chi connectivity index (χ3n) is 5.47. The number of piperazine rings is 1. The minimum atomic E-state index is -4.63. The second kappa shape index (κ2) is 6.88. The number of fused-ring (bicyclic) bond motifs is 3. The highest BCUT2D eigenvalue weighted by atomic mass is 19.4. The molecule has 3 heterocycles. The fourth-order valence-electron chi connectivity index (χ4n) is 3.86. The molecule has 2 aliphatic rings. The number of benzene rings is 1. The molecule has 150 valence electrons. The van der Waals surface area contributed by atoms with E-state index in [-0.39, 0.29) is 17.2 Å². The zero-order chi connectivity index (χ0) is 20.1. The molecule has 1 aromatic heterocycles. The van der Waals surface area contributed by atoms with Crippen molar-refractivity contribution in [1.29, 1.82) is 0 Å². The van der Waals surface area contributed by atoms with E-state index in [1.807, 2.05) is 20.0 Å². The SMILES string of the molecule is CC1CC=C(N2CCN(C)CC2)c2nncn2-c2cc(C(F)(F)F)cc(F)c21. The third kappa shape index (κ3) is 3.28. The summed E-state index contributed by atoms with van der Waals surface area (Å²) >= 11 is 0. The summed E-state index contributed by atoms with van der Waals surface area (Å²) in [6, 6.07) is 1.57. The summed E-state index contributed by atoms with van der Waals surface area (Å²) in [5.41, 5.74) is 0.226. The van der Waals surface area contributed by atoms with Crippen molar-refractivity contribution in [1.82, 2.24) is 24.6 Å². The van der Waals surface area contributed by atoms with Crippen LogP contribution in [-0.4, -0.2) is 57.8 Å². The molecule has 4 rings (SSSR count). The summed E-state index contributed by atoms with van der Waals surface area (Å²) in [7, 11) is 2.05. The van der Waals surface area contributed by atoms with Gasteiger partial charge in [0.1, 0.15) is 12.1 Å². The van der Waals surface area contributed by atoms with Crippen LogP contribution in [0, 0.1) is 5.82 Å². The lowest BCUT2D eigenvalue weighted by atomic mass is 9.92. The van der Waals surface area contributed by atoms with Crippen LogP contribution >= 0.6 is 0 Å². The Morgan fingerprint density at radius 2 is 1.82 bits per heavy atom. The number of nitrogens with zero attached hydrogens (tertiary/aromatic N) is 5. The van der Waals surface area contributed by atoms with Gasteiger partial charge in [0.25, 0.3) is 0 Å². The van der Waals surface area contributed by atoms with Gasteiger partial charge in [-0.2, -0.15) is 13.2 Å². The Kier molecular flexibility index (Phi) is 4.65. The van der Waals surface area contributed by atoms with Gasteiger partial charge < -0.3 is 9.80 Å². The molecule has 1 fully saturated rings. The first-order chi connectivity index (χ1) is 13.3. The van der Waals surface area contributed by atoms with E-state index in [4.69, 9.17) is 0 Å². The summed E-state index contributed by atoms with van der Waals surface area (Å²) in [6.45, 7) is 5.15. The fourth-order valence-corrected chi connectivity index (χ4v) is 3.86. The van der Waals surface area contributed by atoms with Gasteiger partial charge in [0.05, 0.1) is 16.9 Å². The van der Waals surface area contributed by atoms with E-state index in [1.165, 1.54) is 10.9 Å². The van der Waals surface area contributed by atoms with Crippen molar-refractivity contribution in [2.75, 3.05) is 33.2 Å². The van der Waals surface area contributed by atoms with E-state index >= 15 is 0 Å². The summed E-state index contributed by atoms with van der Waals surface area (Å²) in [6.07, 6.45) is -0.776. The fraction of sp³-hybridized carbons (Fsp3) is 0.474. The molecule has 0 saturated carbocycles. The normalized spacial score (nSPS) is 20.9. The maximum atomic E-state index is 14.7. The van der Waals surface area contributed by atoms with Crippen LogP contribution in [0.1, 0.15) is 36.2 Å². The van der Waals surface area contributed by atoms with Crippen molar-refractivity contribution >= 4 is 5.70 Å². The Morgan fingerprint density at radius 1 is 1.11 bits per heavy atom. The van der Waals surface area contributed by atoms with E-state index < -0.39 is 17.6 Å². The van der Waals surface area contributed by atoms with Gasteiger partial charge in [0.15, 0.2) is 5.82 Å². The molecule has 1 unspecified atom stereocenters. The number of hydrogen-bond acceptors (Lipinski definition) is 4. The molecule has 0 spiro atoms. The first kappa shape index (κ1) is 18.9. The first-order valence-electron chi connectivity index (χ1n) is 9.20. The average Bonchev–Trinajstić information content (AvgIpc) is 3.09. The lowest BCUT2D eigenvalue weighted by molar-refractivity contribution is -0.137. The maximum Gasteiger partial charge on any atom is 0.416 e. The molecule has 2 aromatic rings. The average molecular weight is 395 g/mol. The monoisotopic (exact) mass is 395 g/mol. The van der Waals surface area contributed by atoms with E-state index in [2.05, 4.69) is 20.0 Å². The highest BCUT2D eigenvalue weighted by molar-refractivity contribution is 5.63. The van der Waals surface area contributed by atoms with E-state index in [0.29, 0.717) is 18.3 Å². The van der Waals surface area contributed by atoms with Gasteiger partial charge in [-0.3, -0.25) is 4.57 Å². The molecule has 5 nitrogen and oxygen atoms in total. The van der Waals surface area contributed by atoms with Crippen LogP contribution in [0.25, 0.3) is 11.4 Å². The molecule has 1 atom stereocenters. The Morgan fingerprint density at radius 3 is 2.50 bits per heavy atom. The zero-order valence-corrected chi connectivity index (χ0v) is 15.7. The lowest BCUT2D eigenvalue weighted by Crippen LogP contribution is -2.43. The van der Waals surface area contributed by atoms with Crippen LogP contribution in [0.2, 0.25) is 0 Å². The molecule has 0 N–H and O–H groups in total.